The molecule has 0 rings (SSSR count). The molecule has 0 aliphatic carbocycles. The molecule has 0 aliphatic heterocycles. The maximum atomic E-state index is 11.5. The summed E-state index contributed by atoms with van der Waals surface area (Å²) in [5.74, 6) is -0.954. The molecule has 6 nitrogen and oxygen atoms in total. The first-order valence-electron chi connectivity index (χ1n) is 5.68. The Morgan fingerprint density at radius 1 is 1.29 bits per heavy atom. The van der Waals surface area contributed by atoms with Gasteiger partial charge in [0.15, 0.2) is 0 Å². The molecule has 0 fully saturated rings. The van der Waals surface area contributed by atoms with Gasteiger partial charge in [-0.25, -0.2) is 0 Å². The molecule has 0 bridgehead atoms. The standard InChI is InChI=1S/C11H22N2O4/c1-4-5-12-8(15)6-13-10(17)9(16)11(2,3)7-14/h9,14,16H,4-7H2,1-3H3,(H,12,15)(H,13,17)/t9-/m0/s1. The number of nitrogens with one attached hydrogen (secondary N) is 2. The molecule has 0 spiro atoms. The molecule has 6 heteroatoms. The molecule has 0 radical (unpaired) electrons. The minimum absolute atomic E-state index is 0.169. The van der Waals surface area contributed by atoms with Crippen molar-refractivity contribution in [3.63, 3.8) is 0 Å². The second-order valence-electron chi connectivity index (χ2n) is 4.62. The minimum Gasteiger partial charge on any atom is -0.396 e. The summed E-state index contributed by atoms with van der Waals surface area (Å²) in [5.41, 5.74) is -0.927. The molecule has 0 aromatic carbocycles. The van der Waals surface area contributed by atoms with Crippen LogP contribution in [0.25, 0.3) is 0 Å². The lowest BCUT2D eigenvalue weighted by atomic mass is 9.87. The third kappa shape index (κ3) is 5.65. The Labute approximate surface area is 101 Å². The maximum Gasteiger partial charge on any atom is 0.249 e. The van der Waals surface area contributed by atoms with Crippen LogP contribution in [0.5, 0.6) is 0 Å². The smallest absolute Gasteiger partial charge is 0.249 e. The summed E-state index contributed by atoms with van der Waals surface area (Å²) in [7, 11) is 0. The molecule has 1 atom stereocenters. The first-order valence-corrected chi connectivity index (χ1v) is 5.68. The molecule has 17 heavy (non-hydrogen) atoms. The first-order chi connectivity index (χ1) is 7.85. The Balaban J connectivity index is 4.06. The fourth-order valence-corrected chi connectivity index (χ4v) is 1.03. The lowest BCUT2D eigenvalue weighted by Gasteiger charge is -2.26. The van der Waals surface area contributed by atoms with Gasteiger partial charge >= 0.3 is 0 Å². The number of hydrogen-bond donors (Lipinski definition) is 4. The summed E-state index contributed by atoms with van der Waals surface area (Å²) in [6, 6.07) is 0. The average molecular weight is 246 g/mol. The van der Waals surface area contributed by atoms with E-state index < -0.39 is 17.4 Å². The molecular formula is C11H22N2O4. The molecule has 4 N–H and O–H groups in total. The van der Waals surface area contributed by atoms with Crippen LogP contribution in [0.2, 0.25) is 0 Å². The molecule has 2 amide bonds. The van der Waals surface area contributed by atoms with Crippen molar-refractivity contribution >= 4 is 11.8 Å². The summed E-state index contributed by atoms with van der Waals surface area (Å²) in [6.45, 7) is 5.12. The Hall–Kier alpha value is -1.14. The van der Waals surface area contributed by atoms with E-state index in [1.54, 1.807) is 13.8 Å². The van der Waals surface area contributed by atoms with Gasteiger partial charge in [-0.1, -0.05) is 20.8 Å². The van der Waals surface area contributed by atoms with Crippen LogP contribution in [0.15, 0.2) is 0 Å². The predicted octanol–water partition coefficient (Wildman–Crippen LogP) is -0.992. The van der Waals surface area contributed by atoms with Gasteiger partial charge in [0.1, 0.15) is 6.10 Å². The van der Waals surface area contributed by atoms with Crippen LogP contribution in [-0.2, 0) is 9.59 Å². The fourth-order valence-electron chi connectivity index (χ4n) is 1.03. The lowest BCUT2D eigenvalue weighted by molar-refractivity contribution is -0.138. The highest BCUT2D eigenvalue weighted by atomic mass is 16.3. The predicted molar refractivity (Wildman–Crippen MR) is 63.2 cm³/mol. The van der Waals surface area contributed by atoms with Crippen LogP contribution in [0.1, 0.15) is 27.2 Å². The number of carbonyl (C=O) groups excluding carboxylic acids is 2. The van der Waals surface area contributed by atoms with Gasteiger partial charge < -0.3 is 20.8 Å². The van der Waals surface area contributed by atoms with Crippen molar-refractivity contribution in [3.05, 3.63) is 0 Å². The second-order valence-corrected chi connectivity index (χ2v) is 4.62. The molecule has 0 saturated heterocycles. The van der Waals surface area contributed by atoms with Crippen molar-refractivity contribution in [2.24, 2.45) is 5.41 Å². The van der Waals surface area contributed by atoms with Crippen LogP contribution in [0.3, 0.4) is 0 Å². The Kier molecular flexibility index (Phi) is 6.75. The van der Waals surface area contributed by atoms with E-state index in [9.17, 15) is 14.7 Å². The molecule has 0 aromatic heterocycles. The molecule has 0 saturated carbocycles. The van der Waals surface area contributed by atoms with E-state index in [2.05, 4.69) is 10.6 Å². The van der Waals surface area contributed by atoms with Crippen molar-refractivity contribution < 1.29 is 19.8 Å². The topological polar surface area (TPSA) is 98.7 Å². The largest absolute Gasteiger partial charge is 0.396 e. The Morgan fingerprint density at radius 2 is 1.88 bits per heavy atom. The zero-order valence-electron chi connectivity index (χ0n) is 10.6. The first kappa shape index (κ1) is 15.9. The zero-order chi connectivity index (χ0) is 13.5. The van der Waals surface area contributed by atoms with Crippen LogP contribution in [0.4, 0.5) is 0 Å². The Bertz CT molecular complexity index is 266. The minimum atomic E-state index is -1.34. The van der Waals surface area contributed by atoms with Crippen molar-refractivity contribution in [1.29, 1.82) is 0 Å². The summed E-state index contributed by atoms with van der Waals surface area (Å²) in [6.07, 6.45) is -0.522. The number of aliphatic hydroxyl groups excluding tert-OH is 2. The van der Waals surface area contributed by atoms with Crippen molar-refractivity contribution in [2.45, 2.75) is 33.3 Å². The van der Waals surface area contributed by atoms with Gasteiger partial charge in [-0.3, -0.25) is 9.59 Å². The molecule has 0 heterocycles. The van der Waals surface area contributed by atoms with Gasteiger partial charge in [0, 0.05) is 12.0 Å². The van der Waals surface area contributed by atoms with Crippen molar-refractivity contribution in [1.82, 2.24) is 10.6 Å². The van der Waals surface area contributed by atoms with Crippen LogP contribution >= 0.6 is 0 Å². The second kappa shape index (κ2) is 7.24. The van der Waals surface area contributed by atoms with Gasteiger partial charge in [-0.05, 0) is 6.42 Å². The number of aliphatic hydroxyl groups is 2. The summed E-state index contributed by atoms with van der Waals surface area (Å²) >= 11 is 0. The van der Waals surface area contributed by atoms with E-state index in [0.717, 1.165) is 6.42 Å². The summed E-state index contributed by atoms with van der Waals surface area (Å²) < 4.78 is 0. The highest BCUT2D eigenvalue weighted by Crippen LogP contribution is 2.19. The molecule has 0 aromatic rings. The van der Waals surface area contributed by atoms with Crippen molar-refractivity contribution in [3.8, 4) is 0 Å². The average Bonchev–Trinajstić information content (AvgIpc) is 2.32. The number of rotatable bonds is 7. The van der Waals surface area contributed by atoms with Gasteiger partial charge in [0.2, 0.25) is 11.8 Å². The zero-order valence-corrected chi connectivity index (χ0v) is 10.6. The normalized spacial score (nSPS) is 13.0. The monoisotopic (exact) mass is 246 g/mol. The van der Waals surface area contributed by atoms with E-state index in [1.807, 2.05) is 6.92 Å². The van der Waals surface area contributed by atoms with Crippen LogP contribution < -0.4 is 10.6 Å². The van der Waals surface area contributed by atoms with Gasteiger partial charge in [-0.15, -0.1) is 0 Å². The van der Waals surface area contributed by atoms with Gasteiger partial charge in [0.05, 0.1) is 13.2 Å². The summed E-state index contributed by atoms with van der Waals surface area (Å²) in [4.78, 5) is 22.7. The third-order valence-corrected chi connectivity index (χ3v) is 2.39. The van der Waals surface area contributed by atoms with E-state index >= 15 is 0 Å². The fraction of sp³-hybridized carbons (Fsp3) is 0.818. The highest BCUT2D eigenvalue weighted by Gasteiger charge is 2.32. The molecule has 0 unspecified atom stereocenters. The number of amides is 2. The third-order valence-electron chi connectivity index (χ3n) is 2.39. The van der Waals surface area contributed by atoms with E-state index in [-0.39, 0.29) is 19.1 Å². The van der Waals surface area contributed by atoms with E-state index in [1.165, 1.54) is 0 Å². The lowest BCUT2D eigenvalue weighted by Crippen LogP contribution is -2.48. The molecule has 0 aliphatic rings. The number of hydrogen-bond acceptors (Lipinski definition) is 4. The van der Waals surface area contributed by atoms with Gasteiger partial charge in [-0.2, -0.15) is 0 Å². The highest BCUT2D eigenvalue weighted by molar-refractivity contribution is 5.87. The van der Waals surface area contributed by atoms with Crippen LogP contribution in [0, 0.1) is 5.41 Å². The maximum absolute atomic E-state index is 11.5. The van der Waals surface area contributed by atoms with E-state index in [4.69, 9.17) is 5.11 Å². The molecule has 100 valence electrons. The van der Waals surface area contributed by atoms with Crippen LogP contribution in [-0.4, -0.2) is 47.8 Å². The molecular weight excluding hydrogens is 224 g/mol. The quantitative estimate of drug-likeness (QED) is 0.463. The van der Waals surface area contributed by atoms with Crippen molar-refractivity contribution in [2.75, 3.05) is 19.7 Å². The Morgan fingerprint density at radius 3 is 2.35 bits per heavy atom. The summed E-state index contributed by atoms with van der Waals surface area (Å²) in [5, 5.41) is 23.5. The SMILES string of the molecule is CCCNC(=O)CNC(=O)[C@H](O)C(C)(C)CO. The number of carbonyl (C=O) groups is 2. The van der Waals surface area contributed by atoms with Gasteiger partial charge in [0.25, 0.3) is 0 Å². The van der Waals surface area contributed by atoms with E-state index in [0.29, 0.717) is 6.54 Å².